The van der Waals surface area contributed by atoms with Crippen molar-refractivity contribution in [1.82, 2.24) is 0 Å². The number of unbranched alkanes of at least 4 members (excludes halogenated alkanes) is 2. The Morgan fingerprint density at radius 3 is 2.47 bits per heavy atom. The van der Waals surface area contributed by atoms with Gasteiger partial charge in [0.15, 0.2) is 11.7 Å². The molecule has 1 aliphatic rings. The Bertz CT molecular complexity index is 978. The Morgan fingerprint density at radius 2 is 1.84 bits per heavy atom. The van der Waals surface area contributed by atoms with Crippen LogP contribution in [-0.4, -0.2) is 31.7 Å². The van der Waals surface area contributed by atoms with Crippen molar-refractivity contribution in [3.05, 3.63) is 81.9 Å². The van der Waals surface area contributed by atoms with Crippen LogP contribution in [0.5, 0.6) is 0 Å². The molecule has 0 aromatic heterocycles. The van der Waals surface area contributed by atoms with Crippen molar-refractivity contribution in [2.75, 3.05) is 18.5 Å². The Kier molecular flexibility index (Phi) is 7.56. The summed E-state index contributed by atoms with van der Waals surface area (Å²) < 4.78 is 37.3. The van der Waals surface area contributed by atoms with Crippen molar-refractivity contribution < 1.29 is 22.9 Å². The highest BCUT2D eigenvalue weighted by atomic mass is 19.3. The summed E-state index contributed by atoms with van der Waals surface area (Å²) in [6.45, 7) is 3.14. The van der Waals surface area contributed by atoms with Crippen molar-refractivity contribution in [2.24, 2.45) is 0 Å². The van der Waals surface area contributed by atoms with Gasteiger partial charge in [0, 0.05) is 43.5 Å². The summed E-state index contributed by atoms with van der Waals surface area (Å²) >= 11 is 0. The molecule has 2 aromatic carbocycles. The van der Waals surface area contributed by atoms with E-state index in [-0.39, 0.29) is 17.0 Å². The Hall–Kier alpha value is -3.29. The molecule has 6 nitrogen and oxygen atoms in total. The van der Waals surface area contributed by atoms with Gasteiger partial charge in [-0.3, -0.25) is 10.1 Å². The number of nitro benzene ring substituents is 1. The first kappa shape index (κ1) is 23.4. The molecule has 0 radical (unpaired) electrons. The number of benzene rings is 2. The topological polar surface area (TPSA) is 64.8 Å². The smallest absolute Gasteiger partial charge is 0.601 e. The number of nitro groups is 1. The quantitative estimate of drug-likeness (QED) is 0.160. The molecule has 0 amide bonds. The van der Waals surface area contributed by atoms with E-state index >= 15 is 0 Å². The predicted octanol–water partition coefficient (Wildman–Crippen LogP) is 5.87. The van der Waals surface area contributed by atoms with Crippen molar-refractivity contribution >= 4 is 30.3 Å². The summed E-state index contributed by atoms with van der Waals surface area (Å²) in [5.41, 5.74) is 2.03. The second kappa shape index (κ2) is 10.4. The maximum atomic E-state index is 14.0. The van der Waals surface area contributed by atoms with Gasteiger partial charge in [0.05, 0.1) is 4.92 Å². The number of non-ortho nitro benzene ring substituents is 1. The van der Waals surface area contributed by atoms with E-state index in [0.717, 1.165) is 24.2 Å². The van der Waals surface area contributed by atoms with Gasteiger partial charge in [0.2, 0.25) is 0 Å². The molecule has 1 aliphatic heterocycles. The van der Waals surface area contributed by atoms with Gasteiger partial charge in [0.1, 0.15) is 6.08 Å². The molecule has 0 spiro atoms. The van der Waals surface area contributed by atoms with Crippen molar-refractivity contribution in [2.45, 2.75) is 32.3 Å². The first-order valence-electron chi connectivity index (χ1n) is 10.5. The summed E-state index contributed by atoms with van der Waals surface area (Å²) in [5.74, 6) is -0.199. The van der Waals surface area contributed by atoms with Crippen LogP contribution in [0.1, 0.15) is 37.3 Å². The third-order valence-corrected chi connectivity index (χ3v) is 5.07. The molecule has 2 aromatic rings. The van der Waals surface area contributed by atoms with Crippen LogP contribution >= 0.6 is 0 Å². The molecule has 0 saturated carbocycles. The van der Waals surface area contributed by atoms with Crippen LogP contribution in [-0.2, 0) is 9.31 Å². The second-order valence-corrected chi connectivity index (χ2v) is 7.57. The highest BCUT2D eigenvalue weighted by molar-refractivity contribution is 6.53. The zero-order valence-corrected chi connectivity index (χ0v) is 18.0. The summed E-state index contributed by atoms with van der Waals surface area (Å²) in [6, 6.07) is 12.9. The molecule has 0 bridgehead atoms. The molecule has 0 fully saturated rings. The SMILES string of the molecule is CCCCCN(C)c1ccc(/C=C/C2[C+]=C(c3ccc([N+](=O)[O-])cc3)O[B-](F)(F)O2)cc1. The fraction of sp³-hybridized carbons (Fsp3) is 0.304. The Morgan fingerprint density at radius 1 is 1.16 bits per heavy atom. The zero-order chi connectivity index (χ0) is 23.1. The number of hydrogen-bond donors (Lipinski definition) is 0. The van der Waals surface area contributed by atoms with E-state index in [1.807, 2.05) is 31.3 Å². The van der Waals surface area contributed by atoms with Gasteiger partial charge in [-0.2, -0.15) is 0 Å². The van der Waals surface area contributed by atoms with E-state index in [2.05, 4.69) is 22.6 Å². The zero-order valence-electron chi connectivity index (χ0n) is 18.0. The van der Waals surface area contributed by atoms with Gasteiger partial charge in [0.25, 0.3) is 5.69 Å². The van der Waals surface area contributed by atoms with Gasteiger partial charge >= 0.3 is 12.9 Å². The number of anilines is 1. The summed E-state index contributed by atoms with van der Waals surface area (Å²) in [5, 5.41) is 10.8. The highest BCUT2D eigenvalue weighted by Crippen LogP contribution is 2.31. The fourth-order valence-corrected chi connectivity index (χ4v) is 3.28. The molecule has 0 aliphatic carbocycles. The highest BCUT2D eigenvalue weighted by Gasteiger charge is 2.42. The van der Waals surface area contributed by atoms with Crippen LogP contribution in [0.2, 0.25) is 0 Å². The molecular weight excluding hydrogens is 417 g/mol. The molecule has 32 heavy (non-hydrogen) atoms. The van der Waals surface area contributed by atoms with Crippen LogP contribution in [0, 0.1) is 16.2 Å². The standard InChI is InChI=1S/C23H25BF2N2O4/c1-3-4-5-16-27(2)20-11-6-18(7-12-20)8-15-22-17-23(32-24(25,26)31-22)19-9-13-21(14-10-19)28(29)30/h6-15,22H,3-5,16H2,1-2H3/b15-8+. The van der Waals surface area contributed by atoms with Gasteiger partial charge in [-0.05, 0) is 30.2 Å². The maximum absolute atomic E-state index is 14.0. The van der Waals surface area contributed by atoms with E-state index in [4.69, 9.17) is 4.65 Å². The van der Waals surface area contributed by atoms with Crippen molar-refractivity contribution in [3.8, 4) is 0 Å². The van der Waals surface area contributed by atoms with Crippen LogP contribution in [0.25, 0.3) is 11.8 Å². The molecule has 3 rings (SSSR count). The van der Waals surface area contributed by atoms with Crippen LogP contribution in [0.3, 0.4) is 0 Å². The van der Waals surface area contributed by atoms with Gasteiger partial charge in [-0.15, -0.1) is 0 Å². The summed E-state index contributed by atoms with van der Waals surface area (Å²) in [7, 11) is -2.50. The first-order valence-corrected chi connectivity index (χ1v) is 10.5. The van der Waals surface area contributed by atoms with E-state index in [9.17, 15) is 18.7 Å². The van der Waals surface area contributed by atoms with Crippen LogP contribution in [0.4, 0.5) is 20.0 Å². The Labute approximate surface area is 186 Å². The molecular formula is C23H25BF2N2O4. The lowest BCUT2D eigenvalue weighted by atomic mass is 10.0. The number of halogens is 2. The number of nitrogens with zero attached hydrogens (tertiary/aromatic N) is 2. The molecule has 1 heterocycles. The van der Waals surface area contributed by atoms with Crippen molar-refractivity contribution in [3.63, 3.8) is 0 Å². The van der Waals surface area contributed by atoms with Crippen molar-refractivity contribution in [1.29, 1.82) is 0 Å². The Balaban J connectivity index is 1.71. The maximum Gasteiger partial charge on any atom is 0.668 e. The lowest BCUT2D eigenvalue weighted by Gasteiger charge is -2.30. The molecule has 9 heteroatoms. The third kappa shape index (κ3) is 6.36. The van der Waals surface area contributed by atoms with E-state index < -0.39 is 18.1 Å². The third-order valence-electron chi connectivity index (χ3n) is 5.07. The number of rotatable bonds is 9. The monoisotopic (exact) mass is 442 g/mol. The van der Waals surface area contributed by atoms with E-state index in [1.165, 1.54) is 43.2 Å². The minimum absolute atomic E-state index is 0.144. The van der Waals surface area contributed by atoms with Gasteiger partial charge in [-0.1, -0.05) is 38.0 Å². The normalized spacial score (nSPS) is 17.4. The lowest BCUT2D eigenvalue weighted by Crippen LogP contribution is -2.39. The number of hydrogen-bond acceptors (Lipinski definition) is 5. The first-order chi connectivity index (χ1) is 15.3. The summed E-state index contributed by atoms with van der Waals surface area (Å²) in [4.78, 5) is 12.4. The minimum atomic E-state index is -4.55. The molecule has 0 saturated heterocycles. The summed E-state index contributed by atoms with van der Waals surface area (Å²) in [6.07, 6.45) is 8.27. The van der Waals surface area contributed by atoms with Crippen LogP contribution < -0.4 is 4.90 Å². The fourth-order valence-electron chi connectivity index (χ4n) is 3.28. The van der Waals surface area contributed by atoms with Gasteiger partial charge < -0.3 is 22.8 Å². The predicted molar refractivity (Wildman–Crippen MR) is 122 cm³/mol. The van der Waals surface area contributed by atoms with E-state index in [0.29, 0.717) is 0 Å². The lowest BCUT2D eigenvalue weighted by molar-refractivity contribution is -0.384. The average molecular weight is 442 g/mol. The molecule has 0 N–H and O–H groups in total. The average Bonchev–Trinajstić information content (AvgIpc) is 2.77. The van der Waals surface area contributed by atoms with Crippen LogP contribution in [0.15, 0.2) is 54.6 Å². The second-order valence-electron chi connectivity index (χ2n) is 7.57. The van der Waals surface area contributed by atoms with E-state index in [1.54, 1.807) is 6.08 Å². The molecule has 168 valence electrons. The van der Waals surface area contributed by atoms with Gasteiger partial charge in [-0.25, -0.2) is 0 Å². The largest absolute Gasteiger partial charge is 0.668 e. The molecule has 1 unspecified atom stereocenters. The molecule has 1 atom stereocenters. The minimum Gasteiger partial charge on any atom is -0.601 e.